The van der Waals surface area contributed by atoms with Gasteiger partial charge in [0, 0.05) is 6.42 Å². The van der Waals surface area contributed by atoms with Crippen molar-refractivity contribution in [2.75, 3.05) is 26.2 Å². The molecule has 3 aliphatic rings. The molecule has 57 heavy (non-hydrogen) atoms. The van der Waals surface area contributed by atoms with Crippen LogP contribution in [0.15, 0.2) is 54.6 Å². The second kappa shape index (κ2) is 18.3. The van der Waals surface area contributed by atoms with Gasteiger partial charge in [0.15, 0.2) is 11.6 Å². The van der Waals surface area contributed by atoms with Crippen LogP contribution in [-0.2, 0) is 60.5 Å². The summed E-state index contributed by atoms with van der Waals surface area (Å²) in [6.07, 6.45) is -1.17. The Labute approximate surface area is 331 Å². The normalized spacial score (nSPS) is 24.6. The van der Waals surface area contributed by atoms with E-state index in [0.29, 0.717) is 5.56 Å². The first kappa shape index (κ1) is 43.5. The van der Waals surface area contributed by atoms with Gasteiger partial charge < -0.3 is 60.5 Å². The predicted octanol–water partition coefficient (Wildman–Crippen LogP) is 0.866. The van der Waals surface area contributed by atoms with E-state index in [-0.39, 0.29) is 44.1 Å². The van der Waals surface area contributed by atoms with Gasteiger partial charge in [0.1, 0.15) is 36.1 Å². The maximum atomic E-state index is 13.7. The fraction of sp³-hybridized carbons (Fsp3) is 0.575. The van der Waals surface area contributed by atoms with Gasteiger partial charge in [-0.3, -0.25) is 19.2 Å². The third-order valence-corrected chi connectivity index (χ3v) is 9.69. The van der Waals surface area contributed by atoms with E-state index in [1.54, 1.807) is 56.3 Å². The molecule has 0 aliphatic carbocycles. The first-order valence-electron chi connectivity index (χ1n) is 19.1. The lowest BCUT2D eigenvalue weighted by Crippen LogP contribution is -2.64. The predicted molar refractivity (Wildman–Crippen MR) is 203 cm³/mol. The number of nitrogens with one attached hydrogen (secondary N) is 5. The van der Waals surface area contributed by atoms with Crippen LogP contribution in [0, 0.1) is 5.92 Å². The zero-order valence-corrected chi connectivity index (χ0v) is 33.2. The van der Waals surface area contributed by atoms with Gasteiger partial charge in [-0.2, -0.15) is 0 Å². The van der Waals surface area contributed by atoms with Gasteiger partial charge >= 0.3 is 5.97 Å². The molecule has 0 radical (unpaired) electrons. The number of carbonyl (C=O) groups excluding carboxylic acids is 4. The van der Waals surface area contributed by atoms with Crippen molar-refractivity contribution in [1.29, 1.82) is 0 Å². The Bertz CT molecular complexity index is 1740. The highest BCUT2D eigenvalue weighted by molar-refractivity contribution is 5.93. The van der Waals surface area contributed by atoms with E-state index in [4.69, 9.17) is 23.7 Å². The van der Waals surface area contributed by atoms with Gasteiger partial charge in [0.25, 0.3) is 0 Å². The van der Waals surface area contributed by atoms with Crippen LogP contribution in [-0.4, -0.2) is 120 Å². The Hall–Kier alpha value is -4.65. The molecule has 2 aromatic carbocycles. The highest BCUT2D eigenvalue weighted by Gasteiger charge is 2.65. The molecule has 3 heterocycles. The summed E-state index contributed by atoms with van der Waals surface area (Å²) in [6.45, 7) is 9.95. The van der Waals surface area contributed by atoms with Crippen molar-refractivity contribution >= 4 is 29.6 Å². The lowest BCUT2D eigenvalue weighted by atomic mass is 9.96. The van der Waals surface area contributed by atoms with Gasteiger partial charge in [-0.1, -0.05) is 56.3 Å². The number of amides is 4. The summed E-state index contributed by atoms with van der Waals surface area (Å²) in [4.78, 5) is 64.7. The fourth-order valence-electron chi connectivity index (χ4n) is 7.17. The average Bonchev–Trinajstić information content (AvgIpc) is 3.62. The maximum Gasteiger partial charge on any atom is 0.326 e. The number of phenolic OH excluding ortho intramolecular Hbond substituents is 1. The summed E-state index contributed by atoms with van der Waals surface area (Å²) in [6, 6.07) is 12.0. The van der Waals surface area contributed by atoms with E-state index < -0.39 is 96.5 Å². The van der Waals surface area contributed by atoms with Gasteiger partial charge in [-0.05, 0) is 69.7 Å². The minimum Gasteiger partial charge on any atom is -0.508 e. The lowest BCUT2D eigenvalue weighted by molar-refractivity contribution is -0.278. The summed E-state index contributed by atoms with van der Waals surface area (Å²) in [5.74, 6) is -6.99. The zero-order valence-electron chi connectivity index (χ0n) is 33.2. The number of carbonyl (C=O) groups is 5. The topological polar surface area (TPSA) is 232 Å². The Morgan fingerprint density at radius 2 is 1.40 bits per heavy atom. The number of aliphatic carboxylic acids is 1. The molecule has 0 saturated carbocycles. The molecule has 0 bridgehead atoms. The van der Waals surface area contributed by atoms with Gasteiger partial charge in [0.05, 0.1) is 32.3 Å². The second-order valence-electron chi connectivity index (χ2n) is 15.9. The van der Waals surface area contributed by atoms with Crippen LogP contribution in [0.2, 0.25) is 0 Å². The molecule has 7 atom stereocenters. The molecular weight excluding hydrogens is 742 g/mol. The minimum atomic E-state index is -1.34. The summed E-state index contributed by atoms with van der Waals surface area (Å²) in [5, 5.41) is 32.9. The molecule has 3 aliphatic heterocycles. The molecule has 17 nitrogen and oxygen atoms in total. The highest BCUT2D eigenvalue weighted by atomic mass is 16.9. The summed E-state index contributed by atoms with van der Waals surface area (Å²) in [7, 11) is 0. The molecule has 2 aromatic rings. The molecule has 0 spiro atoms. The van der Waals surface area contributed by atoms with Crippen LogP contribution in [0.1, 0.15) is 59.1 Å². The summed E-state index contributed by atoms with van der Waals surface area (Å²) in [5.41, 5.74) is 1.44. The van der Waals surface area contributed by atoms with Crippen molar-refractivity contribution in [3.8, 4) is 5.75 Å². The van der Waals surface area contributed by atoms with Gasteiger partial charge in [-0.25, -0.2) is 4.79 Å². The first-order valence-corrected chi connectivity index (χ1v) is 19.1. The van der Waals surface area contributed by atoms with E-state index in [9.17, 15) is 34.2 Å². The minimum absolute atomic E-state index is 0.000942. The van der Waals surface area contributed by atoms with Crippen LogP contribution < -0.4 is 26.6 Å². The second-order valence-corrected chi connectivity index (χ2v) is 15.9. The standard InChI is InChI=1S/C40H55N5O12/c1-23(2)16-29(37(51)52)45-36(50)28(18-24-10-8-7-9-11-24)44-32(48)20-41-31(47)19-42-35(49)27(17-25-12-14-26(46)15-13-25)43-22-40-34(56-39(5,6)57-40)33-30(21-53-40)54-38(3,4)55-33/h7-15,23,27-30,33-34,43,46H,16-22H2,1-6H3,(H,41,47)(H,42,49)(H,44,48)(H,45,50)(H,51,52)/t27-,28-,29-,30+,33+,34-,40-/m0/s1. The molecule has 17 heteroatoms. The molecule has 3 fully saturated rings. The van der Waals surface area contributed by atoms with Crippen LogP contribution in [0.3, 0.4) is 0 Å². The number of rotatable bonds is 18. The monoisotopic (exact) mass is 797 g/mol. The Morgan fingerprint density at radius 3 is 2.07 bits per heavy atom. The Morgan fingerprint density at radius 1 is 0.754 bits per heavy atom. The van der Waals surface area contributed by atoms with Crippen LogP contribution in [0.5, 0.6) is 5.75 Å². The SMILES string of the molecule is CC(C)C[C@H](NC(=O)[C@H](Cc1ccccc1)NC(=O)CNC(=O)CNC(=O)[C@H](Cc1ccc(O)cc1)NC[C@@]12OC[C@H]3OC(C)(C)O[C@H]3[C@@H]1OC(C)(C)O2)C(=O)O. The quantitative estimate of drug-likeness (QED) is 0.111. The van der Waals surface area contributed by atoms with Crippen molar-refractivity contribution in [2.45, 2.75) is 115 Å². The van der Waals surface area contributed by atoms with Crippen LogP contribution >= 0.6 is 0 Å². The Balaban J connectivity index is 1.19. The van der Waals surface area contributed by atoms with Crippen molar-refractivity contribution < 1.29 is 57.9 Å². The van der Waals surface area contributed by atoms with Gasteiger partial charge in [-0.15, -0.1) is 0 Å². The number of fused-ring (bicyclic) bond motifs is 3. The van der Waals surface area contributed by atoms with Crippen molar-refractivity contribution in [3.63, 3.8) is 0 Å². The highest BCUT2D eigenvalue weighted by Crippen LogP contribution is 2.47. The Kier molecular flexibility index (Phi) is 14.0. The number of hydrogen-bond acceptors (Lipinski definition) is 12. The van der Waals surface area contributed by atoms with Crippen LogP contribution in [0.25, 0.3) is 0 Å². The average molecular weight is 798 g/mol. The summed E-state index contributed by atoms with van der Waals surface area (Å²) < 4.78 is 31.1. The zero-order chi connectivity index (χ0) is 41.5. The summed E-state index contributed by atoms with van der Waals surface area (Å²) >= 11 is 0. The van der Waals surface area contributed by atoms with Gasteiger partial charge in [0.2, 0.25) is 29.4 Å². The van der Waals surface area contributed by atoms with E-state index in [1.807, 2.05) is 27.7 Å². The molecule has 5 rings (SSSR count). The molecule has 4 amide bonds. The van der Waals surface area contributed by atoms with Crippen molar-refractivity contribution in [2.24, 2.45) is 5.92 Å². The number of ether oxygens (including phenoxy) is 5. The molecule has 0 aromatic heterocycles. The maximum absolute atomic E-state index is 13.7. The molecular formula is C40H55N5O12. The first-order chi connectivity index (χ1) is 26.8. The molecule has 7 N–H and O–H groups in total. The lowest BCUT2D eigenvalue weighted by Gasteiger charge is -2.41. The largest absolute Gasteiger partial charge is 0.508 e. The number of carboxylic acids is 1. The van der Waals surface area contributed by atoms with E-state index in [2.05, 4.69) is 26.6 Å². The van der Waals surface area contributed by atoms with E-state index in [0.717, 1.165) is 5.56 Å². The molecule has 312 valence electrons. The van der Waals surface area contributed by atoms with E-state index >= 15 is 0 Å². The fourth-order valence-corrected chi connectivity index (χ4v) is 7.17. The molecule has 0 unspecified atom stereocenters. The number of aromatic hydroxyl groups is 1. The van der Waals surface area contributed by atoms with Crippen molar-refractivity contribution in [1.82, 2.24) is 26.6 Å². The van der Waals surface area contributed by atoms with E-state index in [1.165, 1.54) is 12.1 Å². The van der Waals surface area contributed by atoms with Crippen LogP contribution in [0.4, 0.5) is 0 Å². The third-order valence-electron chi connectivity index (χ3n) is 9.69. The molecule has 3 saturated heterocycles. The van der Waals surface area contributed by atoms with Crippen molar-refractivity contribution in [3.05, 3.63) is 65.7 Å². The number of phenols is 1. The smallest absolute Gasteiger partial charge is 0.326 e. The number of benzene rings is 2. The number of hydrogen-bond donors (Lipinski definition) is 7. The third kappa shape index (κ3) is 11.9. The number of carboxylic acid groups (broad SMARTS) is 1.